The predicted molar refractivity (Wildman–Crippen MR) is 96.1 cm³/mol. The van der Waals surface area contributed by atoms with E-state index in [4.69, 9.17) is 16.3 Å². The van der Waals surface area contributed by atoms with Gasteiger partial charge in [-0.1, -0.05) is 11.6 Å². The number of anilines is 1. The molecule has 0 unspecified atom stereocenters. The second kappa shape index (κ2) is 8.48. The molecule has 0 atom stereocenters. The lowest BCUT2D eigenvalue weighted by Gasteiger charge is -2.08. The van der Waals surface area contributed by atoms with Crippen molar-refractivity contribution in [3.8, 4) is 0 Å². The fraction of sp³-hybridized carbons (Fsp3) is 0.294. The van der Waals surface area contributed by atoms with Gasteiger partial charge in [-0.15, -0.1) is 0 Å². The number of carbonyl (C=O) groups excluding carboxylic acids is 3. The van der Waals surface area contributed by atoms with Crippen molar-refractivity contribution in [3.63, 3.8) is 0 Å². The summed E-state index contributed by atoms with van der Waals surface area (Å²) in [5.41, 5.74) is 2.41. The SMILES string of the molecule is Cc1nn(C)c(C)c1NC(=O)COC(=O)CNC(=O)c1ccc(Cl)cc1. The van der Waals surface area contributed by atoms with E-state index in [1.54, 1.807) is 30.8 Å². The number of benzene rings is 1. The fourth-order valence-corrected chi connectivity index (χ4v) is 2.31. The van der Waals surface area contributed by atoms with Crippen LogP contribution in [0.15, 0.2) is 24.3 Å². The summed E-state index contributed by atoms with van der Waals surface area (Å²) in [6.07, 6.45) is 0. The number of nitrogens with zero attached hydrogens (tertiary/aromatic N) is 2. The molecule has 0 aliphatic carbocycles. The van der Waals surface area contributed by atoms with E-state index in [1.165, 1.54) is 12.1 Å². The van der Waals surface area contributed by atoms with Gasteiger partial charge in [-0.3, -0.25) is 19.1 Å². The average molecular weight is 379 g/mol. The highest BCUT2D eigenvalue weighted by atomic mass is 35.5. The van der Waals surface area contributed by atoms with E-state index in [9.17, 15) is 14.4 Å². The molecular formula is C17H19ClN4O4. The maximum Gasteiger partial charge on any atom is 0.325 e. The van der Waals surface area contributed by atoms with Crippen LogP contribution in [0.2, 0.25) is 5.02 Å². The number of esters is 1. The predicted octanol–water partition coefficient (Wildman–Crippen LogP) is 1.60. The Kier molecular flexibility index (Phi) is 6.35. The van der Waals surface area contributed by atoms with Gasteiger partial charge < -0.3 is 15.4 Å². The van der Waals surface area contributed by atoms with Crippen molar-refractivity contribution in [2.45, 2.75) is 13.8 Å². The third kappa shape index (κ3) is 5.06. The van der Waals surface area contributed by atoms with Gasteiger partial charge >= 0.3 is 5.97 Å². The van der Waals surface area contributed by atoms with E-state index in [1.807, 2.05) is 6.92 Å². The van der Waals surface area contributed by atoms with Crippen LogP contribution in [0.3, 0.4) is 0 Å². The largest absolute Gasteiger partial charge is 0.454 e. The number of nitrogens with one attached hydrogen (secondary N) is 2. The third-order valence-corrected chi connectivity index (χ3v) is 3.89. The molecule has 0 radical (unpaired) electrons. The minimum absolute atomic E-state index is 0.348. The van der Waals surface area contributed by atoms with E-state index < -0.39 is 24.4 Å². The van der Waals surface area contributed by atoms with Gasteiger partial charge in [0, 0.05) is 17.6 Å². The standard InChI is InChI=1S/C17H19ClN4O4/c1-10-16(11(2)22(3)21-10)20-14(23)9-26-15(24)8-19-17(25)12-4-6-13(18)7-5-12/h4-7H,8-9H2,1-3H3,(H,19,25)(H,20,23). The first-order valence-electron chi connectivity index (χ1n) is 7.77. The Balaban J connectivity index is 1.76. The molecule has 1 heterocycles. The van der Waals surface area contributed by atoms with Gasteiger partial charge in [-0.25, -0.2) is 0 Å². The second-order valence-corrected chi connectivity index (χ2v) is 6.00. The summed E-state index contributed by atoms with van der Waals surface area (Å²) in [6, 6.07) is 6.22. The zero-order valence-electron chi connectivity index (χ0n) is 14.6. The van der Waals surface area contributed by atoms with Crippen LogP contribution in [0.5, 0.6) is 0 Å². The lowest BCUT2D eigenvalue weighted by molar-refractivity contribution is -0.146. The number of hydrogen-bond donors (Lipinski definition) is 2. The molecule has 26 heavy (non-hydrogen) atoms. The molecule has 0 fully saturated rings. The first kappa shape index (κ1) is 19.5. The Morgan fingerprint density at radius 3 is 2.42 bits per heavy atom. The van der Waals surface area contributed by atoms with Crippen molar-refractivity contribution in [2.24, 2.45) is 7.05 Å². The molecule has 2 amide bonds. The molecule has 2 N–H and O–H groups in total. The van der Waals surface area contributed by atoms with Gasteiger partial charge in [0.1, 0.15) is 6.54 Å². The molecule has 138 valence electrons. The molecule has 0 spiro atoms. The summed E-state index contributed by atoms with van der Waals surface area (Å²) in [5.74, 6) is -1.65. The van der Waals surface area contributed by atoms with Gasteiger partial charge in [-0.2, -0.15) is 5.10 Å². The highest BCUT2D eigenvalue weighted by Crippen LogP contribution is 2.17. The zero-order valence-corrected chi connectivity index (χ0v) is 15.4. The molecular weight excluding hydrogens is 360 g/mol. The normalized spacial score (nSPS) is 10.3. The Hall–Kier alpha value is -2.87. The molecule has 0 aliphatic rings. The Labute approximate surface area is 155 Å². The van der Waals surface area contributed by atoms with Crippen LogP contribution in [0.1, 0.15) is 21.7 Å². The van der Waals surface area contributed by atoms with Crippen molar-refractivity contribution in [2.75, 3.05) is 18.5 Å². The average Bonchev–Trinajstić information content (AvgIpc) is 2.84. The molecule has 8 nitrogen and oxygen atoms in total. The van der Waals surface area contributed by atoms with Gasteiger partial charge in [-0.05, 0) is 38.1 Å². The van der Waals surface area contributed by atoms with Crippen molar-refractivity contribution < 1.29 is 19.1 Å². The maximum absolute atomic E-state index is 11.9. The highest BCUT2D eigenvalue weighted by Gasteiger charge is 2.14. The van der Waals surface area contributed by atoms with Crippen LogP contribution in [0.25, 0.3) is 0 Å². The Morgan fingerprint density at radius 1 is 1.19 bits per heavy atom. The summed E-state index contributed by atoms with van der Waals surface area (Å²) < 4.78 is 6.50. The number of carbonyl (C=O) groups is 3. The van der Waals surface area contributed by atoms with E-state index in [0.29, 0.717) is 22.0 Å². The van der Waals surface area contributed by atoms with Crippen molar-refractivity contribution in [1.82, 2.24) is 15.1 Å². The molecule has 9 heteroatoms. The first-order chi connectivity index (χ1) is 12.3. The van der Waals surface area contributed by atoms with Crippen LogP contribution < -0.4 is 10.6 Å². The van der Waals surface area contributed by atoms with Crippen LogP contribution >= 0.6 is 11.6 Å². The summed E-state index contributed by atoms with van der Waals surface area (Å²) >= 11 is 5.74. The van der Waals surface area contributed by atoms with Crippen LogP contribution in [0.4, 0.5) is 5.69 Å². The quantitative estimate of drug-likeness (QED) is 0.743. The molecule has 2 aromatic rings. The van der Waals surface area contributed by atoms with E-state index in [-0.39, 0.29) is 6.54 Å². The molecule has 0 saturated heterocycles. The fourth-order valence-electron chi connectivity index (χ4n) is 2.18. The molecule has 0 saturated carbocycles. The van der Waals surface area contributed by atoms with E-state index >= 15 is 0 Å². The number of halogens is 1. The molecule has 2 rings (SSSR count). The number of ether oxygens (including phenoxy) is 1. The van der Waals surface area contributed by atoms with Crippen molar-refractivity contribution in [3.05, 3.63) is 46.2 Å². The van der Waals surface area contributed by atoms with Crippen LogP contribution in [-0.4, -0.2) is 40.7 Å². The lowest BCUT2D eigenvalue weighted by Crippen LogP contribution is -2.32. The minimum atomic E-state index is -0.720. The van der Waals surface area contributed by atoms with Crippen molar-refractivity contribution in [1.29, 1.82) is 0 Å². The maximum atomic E-state index is 11.9. The highest BCUT2D eigenvalue weighted by molar-refractivity contribution is 6.30. The van der Waals surface area contributed by atoms with E-state index in [0.717, 1.165) is 5.69 Å². The topological polar surface area (TPSA) is 102 Å². The molecule has 1 aromatic heterocycles. The Morgan fingerprint density at radius 2 is 1.85 bits per heavy atom. The van der Waals surface area contributed by atoms with E-state index in [2.05, 4.69) is 15.7 Å². The summed E-state index contributed by atoms with van der Waals surface area (Å²) in [5, 5.41) is 9.75. The number of hydrogen-bond acceptors (Lipinski definition) is 5. The van der Waals surface area contributed by atoms with Crippen LogP contribution in [0, 0.1) is 13.8 Å². The molecule has 0 bridgehead atoms. The first-order valence-corrected chi connectivity index (χ1v) is 8.15. The number of aromatic nitrogens is 2. The van der Waals surface area contributed by atoms with Gasteiger partial charge in [0.25, 0.3) is 11.8 Å². The monoisotopic (exact) mass is 378 g/mol. The molecule has 1 aromatic carbocycles. The van der Waals surface area contributed by atoms with Gasteiger partial charge in [0.15, 0.2) is 6.61 Å². The second-order valence-electron chi connectivity index (χ2n) is 5.57. The third-order valence-electron chi connectivity index (χ3n) is 3.64. The van der Waals surface area contributed by atoms with Crippen LogP contribution in [-0.2, 0) is 21.4 Å². The summed E-state index contributed by atoms with van der Waals surface area (Å²) in [6.45, 7) is 2.78. The van der Waals surface area contributed by atoms with Gasteiger partial charge in [0.2, 0.25) is 0 Å². The zero-order chi connectivity index (χ0) is 19.3. The van der Waals surface area contributed by atoms with Gasteiger partial charge in [0.05, 0.1) is 17.1 Å². The van der Waals surface area contributed by atoms with Crippen molar-refractivity contribution >= 4 is 35.1 Å². The lowest BCUT2D eigenvalue weighted by atomic mass is 10.2. The molecule has 0 aliphatic heterocycles. The number of rotatable bonds is 6. The summed E-state index contributed by atoms with van der Waals surface area (Å²) in [4.78, 5) is 35.4. The Bertz CT molecular complexity index is 830. The smallest absolute Gasteiger partial charge is 0.325 e. The number of amides is 2. The minimum Gasteiger partial charge on any atom is -0.454 e. The summed E-state index contributed by atoms with van der Waals surface area (Å²) in [7, 11) is 1.77. The number of aryl methyl sites for hydroxylation is 2.